The van der Waals surface area contributed by atoms with E-state index in [0.717, 1.165) is 17.5 Å². The second-order valence-electron chi connectivity index (χ2n) is 6.21. The van der Waals surface area contributed by atoms with Crippen molar-refractivity contribution < 1.29 is 9.59 Å². The molecule has 0 heterocycles. The number of amides is 2. The van der Waals surface area contributed by atoms with Crippen molar-refractivity contribution in [1.82, 2.24) is 10.6 Å². The molecule has 1 unspecified atom stereocenters. The SMILES string of the molecule is CCCNC(=O)c1cccc(CNC(=O)C(C)(N)c2ccccc2)c1. The van der Waals surface area contributed by atoms with Crippen LogP contribution >= 0.6 is 0 Å². The van der Waals surface area contributed by atoms with E-state index in [4.69, 9.17) is 5.73 Å². The van der Waals surface area contributed by atoms with Crippen molar-refractivity contribution in [2.24, 2.45) is 5.73 Å². The zero-order valence-corrected chi connectivity index (χ0v) is 14.7. The van der Waals surface area contributed by atoms with E-state index in [0.29, 0.717) is 18.7 Å². The summed E-state index contributed by atoms with van der Waals surface area (Å²) in [5, 5.41) is 5.69. The van der Waals surface area contributed by atoms with Crippen molar-refractivity contribution in [3.8, 4) is 0 Å². The van der Waals surface area contributed by atoms with Gasteiger partial charge in [-0.15, -0.1) is 0 Å². The lowest BCUT2D eigenvalue weighted by Crippen LogP contribution is -2.48. The highest BCUT2D eigenvalue weighted by molar-refractivity contribution is 5.94. The van der Waals surface area contributed by atoms with E-state index in [2.05, 4.69) is 10.6 Å². The first-order chi connectivity index (χ1) is 11.9. The van der Waals surface area contributed by atoms with Gasteiger partial charge in [-0.1, -0.05) is 49.4 Å². The molecule has 132 valence electrons. The molecule has 0 aromatic heterocycles. The second kappa shape index (κ2) is 8.44. The van der Waals surface area contributed by atoms with Crippen molar-refractivity contribution in [2.45, 2.75) is 32.4 Å². The normalized spacial score (nSPS) is 12.9. The molecule has 0 fully saturated rings. The Hall–Kier alpha value is -2.66. The summed E-state index contributed by atoms with van der Waals surface area (Å²) in [5.41, 5.74) is 7.27. The quantitative estimate of drug-likeness (QED) is 0.724. The van der Waals surface area contributed by atoms with E-state index in [1.54, 1.807) is 25.1 Å². The maximum atomic E-state index is 12.5. The summed E-state index contributed by atoms with van der Waals surface area (Å²) in [5.74, 6) is -0.373. The summed E-state index contributed by atoms with van der Waals surface area (Å²) in [4.78, 5) is 24.5. The maximum absolute atomic E-state index is 12.5. The van der Waals surface area contributed by atoms with E-state index in [1.165, 1.54) is 0 Å². The third-order valence-corrected chi connectivity index (χ3v) is 4.02. The average molecular weight is 339 g/mol. The molecule has 0 aliphatic rings. The predicted molar refractivity (Wildman–Crippen MR) is 98.9 cm³/mol. The Bertz CT molecular complexity index is 727. The molecule has 0 aliphatic carbocycles. The van der Waals surface area contributed by atoms with Crippen molar-refractivity contribution in [3.05, 3.63) is 71.3 Å². The Morgan fingerprint density at radius 1 is 1.04 bits per heavy atom. The number of nitrogens with two attached hydrogens (primary N) is 1. The van der Waals surface area contributed by atoms with Crippen molar-refractivity contribution in [1.29, 1.82) is 0 Å². The largest absolute Gasteiger partial charge is 0.352 e. The zero-order valence-electron chi connectivity index (χ0n) is 14.7. The number of nitrogens with one attached hydrogen (secondary N) is 2. The van der Waals surface area contributed by atoms with Gasteiger partial charge in [-0.25, -0.2) is 0 Å². The summed E-state index contributed by atoms with van der Waals surface area (Å²) in [6.07, 6.45) is 0.885. The molecule has 4 N–H and O–H groups in total. The highest BCUT2D eigenvalue weighted by Gasteiger charge is 2.29. The standard InChI is InChI=1S/C20H25N3O2/c1-3-12-22-18(24)16-9-7-8-15(13-16)14-23-19(25)20(2,21)17-10-5-4-6-11-17/h4-11,13H,3,12,14,21H2,1-2H3,(H,22,24)(H,23,25). The zero-order chi connectivity index (χ0) is 18.3. The molecule has 0 saturated heterocycles. The molecule has 2 aromatic rings. The lowest BCUT2D eigenvalue weighted by atomic mass is 9.92. The summed E-state index contributed by atoms with van der Waals surface area (Å²) >= 11 is 0. The Kier molecular flexibility index (Phi) is 6.31. The van der Waals surface area contributed by atoms with E-state index >= 15 is 0 Å². The van der Waals surface area contributed by atoms with Crippen LogP contribution in [-0.2, 0) is 16.9 Å². The van der Waals surface area contributed by atoms with Crippen LogP contribution in [0, 0.1) is 0 Å². The van der Waals surface area contributed by atoms with E-state index in [9.17, 15) is 9.59 Å². The first kappa shape index (κ1) is 18.7. The van der Waals surface area contributed by atoms with Crippen LogP contribution in [0.25, 0.3) is 0 Å². The van der Waals surface area contributed by atoms with Crippen LogP contribution in [0.4, 0.5) is 0 Å². The molecular weight excluding hydrogens is 314 g/mol. The highest BCUT2D eigenvalue weighted by atomic mass is 16.2. The smallest absolute Gasteiger partial charge is 0.251 e. The fourth-order valence-electron chi connectivity index (χ4n) is 2.44. The number of rotatable bonds is 7. The number of carbonyl (C=O) groups is 2. The molecule has 5 nitrogen and oxygen atoms in total. The summed E-state index contributed by atoms with van der Waals surface area (Å²) in [7, 11) is 0. The molecular formula is C20H25N3O2. The Labute approximate surface area is 148 Å². The van der Waals surface area contributed by atoms with Crippen LogP contribution in [-0.4, -0.2) is 18.4 Å². The molecule has 0 radical (unpaired) electrons. The van der Waals surface area contributed by atoms with Crippen molar-refractivity contribution >= 4 is 11.8 Å². The number of hydrogen-bond acceptors (Lipinski definition) is 3. The van der Waals surface area contributed by atoms with Gasteiger partial charge in [-0.05, 0) is 36.6 Å². The lowest BCUT2D eigenvalue weighted by Gasteiger charge is -2.24. The van der Waals surface area contributed by atoms with Crippen LogP contribution in [0.3, 0.4) is 0 Å². The average Bonchev–Trinajstić information content (AvgIpc) is 2.65. The maximum Gasteiger partial charge on any atom is 0.251 e. The lowest BCUT2D eigenvalue weighted by molar-refractivity contribution is -0.126. The van der Waals surface area contributed by atoms with Crippen LogP contribution in [0.15, 0.2) is 54.6 Å². The molecule has 0 spiro atoms. The van der Waals surface area contributed by atoms with Crippen molar-refractivity contribution in [2.75, 3.05) is 6.54 Å². The second-order valence-corrected chi connectivity index (χ2v) is 6.21. The van der Waals surface area contributed by atoms with Crippen LogP contribution in [0.5, 0.6) is 0 Å². The fourth-order valence-corrected chi connectivity index (χ4v) is 2.44. The van der Waals surface area contributed by atoms with Gasteiger partial charge >= 0.3 is 0 Å². The molecule has 25 heavy (non-hydrogen) atoms. The van der Waals surface area contributed by atoms with Gasteiger partial charge in [-0.2, -0.15) is 0 Å². The van der Waals surface area contributed by atoms with Gasteiger partial charge < -0.3 is 16.4 Å². The molecule has 0 aliphatic heterocycles. The van der Waals surface area contributed by atoms with Gasteiger partial charge in [0.25, 0.3) is 5.91 Å². The Morgan fingerprint density at radius 2 is 1.76 bits per heavy atom. The molecule has 0 bridgehead atoms. The topological polar surface area (TPSA) is 84.2 Å². The molecule has 1 atom stereocenters. The minimum absolute atomic E-state index is 0.108. The minimum atomic E-state index is -1.11. The van der Waals surface area contributed by atoms with Crippen LogP contribution in [0.2, 0.25) is 0 Å². The minimum Gasteiger partial charge on any atom is -0.352 e. The molecule has 2 aromatic carbocycles. The van der Waals surface area contributed by atoms with Crippen LogP contribution < -0.4 is 16.4 Å². The van der Waals surface area contributed by atoms with Gasteiger partial charge in [0.2, 0.25) is 5.91 Å². The molecule has 0 saturated carbocycles. The first-order valence-electron chi connectivity index (χ1n) is 8.45. The number of benzene rings is 2. The van der Waals surface area contributed by atoms with Gasteiger partial charge in [0.1, 0.15) is 5.54 Å². The molecule has 2 amide bonds. The van der Waals surface area contributed by atoms with E-state index in [1.807, 2.05) is 43.3 Å². The Balaban J connectivity index is 2.01. The third kappa shape index (κ3) is 4.90. The van der Waals surface area contributed by atoms with Gasteiger partial charge in [0.05, 0.1) is 0 Å². The molecule has 5 heteroatoms. The third-order valence-electron chi connectivity index (χ3n) is 4.02. The summed E-state index contributed by atoms with van der Waals surface area (Å²) < 4.78 is 0. The number of hydrogen-bond donors (Lipinski definition) is 3. The van der Waals surface area contributed by atoms with E-state index in [-0.39, 0.29) is 11.8 Å². The molecule has 2 rings (SSSR count). The van der Waals surface area contributed by atoms with Gasteiger partial charge in [-0.3, -0.25) is 9.59 Å². The summed E-state index contributed by atoms with van der Waals surface area (Å²) in [6.45, 7) is 4.64. The van der Waals surface area contributed by atoms with Crippen LogP contribution in [0.1, 0.15) is 41.8 Å². The van der Waals surface area contributed by atoms with Gasteiger partial charge in [0.15, 0.2) is 0 Å². The monoisotopic (exact) mass is 339 g/mol. The Morgan fingerprint density at radius 3 is 2.44 bits per heavy atom. The number of carbonyl (C=O) groups excluding carboxylic acids is 2. The fraction of sp³-hybridized carbons (Fsp3) is 0.300. The van der Waals surface area contributed by atoms with Crippen molar-refractivity contribution in [3.63, 3.8) is 0 Å². The van der Waals surface area contributed by atoms with E-state index < -0.39 is 5.54 Å². The predicted octanol–water partition coefficient (Wildman–Crippen LogP) is 2.32. The summed E-state index contributed by atoms with van der Waals surface area (Å²) in [6, 6.07) is 16.5. The first-order valence-corrected chi connectivity index (χ1v) is 8.45. The van der Waals surface area contributed by atoms with Gasteiger partial charge in [0, 0.05) is 18.7 Å². The highest BCUT2D eigenvalue weighted by Crippen LogP contribution is 2.17.